The number of hydrogen-bond acceptors (Lipinski definition) is 1. The average Bonchev–Trinajstić information content (AvgIpc) is 1.67. The SMILES string of the molecule is CCCC(C)(Br)C#N. The number of halogens is 1. The first-order valence-corrected chi connectivity index (χ1v) is 3.52. The van der Waals surface area contributed by atoms with Gasteiger partial charge in [-0.25, -0.2) is 0 Å². The molecule has 1 unspecified atom stereocenters. The molecule has 0 rings (SSSR count). The molecule has 0 fully saturated rings. The number of hydrogen-bond donors (Lipinski definition) is 0. The fraction of sp³-hybridized carbons (Fsp3) is 0.833. The van der Waals surface area contributed by atoms with Gasteiger partial charge >= 0.3 is 0 Å². The van der Waals surface area contributed by atoms with Crippen molar-refractivity contribution in [2.75, 3.05) is 0 Å². The largest absolute Gasteiger partial charge is 0.197 e. The molecule has 0 radical (unpaired) electrons. The van der Waals surface area contributed by atoms with Crippen molar-refractivity contribution in [1.29, 1.82) is 5.26 Å². The molecule has 0 N–H and O–H groups in total. The van der Waals surface area contributed by atoms with Gasteiger partial charge < -0.3 is 0 Å². The summed E-state index contributed by atoms with van der Waals surface area (Å²) in [5.41, 5.74) is 0. The Morgan fingerprint density at radius 2 is 2.25 bits per heavy atom. The highest BCUT2D eigenvalue weighted by molar-refractivity contribution is 9.10. The highest BCUT2D eigenvalue weighted by Gasteiger charge is 2.16. The Balaban J connectivity index is 3.59. The van der Waals surface area contributed by atoms with Crippen molar-refractivity contribution < 1.29 is 0 Å². The van der Waals surface area contributed by atoms with Crippen molar-refractivity contribution in [1.82, 2.24) is 0 Å². The number of alkyl halides is 1. The van der Waals surface area contributed by atoms with Crippen LogP contribution < -0.4 is 0 Å². The second-order valence-electron chi connectivity index (χ2n) is 2.06. The maximum Gasteiger partial charge on any atom is 0.109 e. The summed E-state index contributed by atoms with van der Waals surface area (Å²) < 4.78 is -0.290. The van der Waals surface area contributed by atoms with Crippen molar-refractivity contribution in [2.45, 2.75) is 31.0 Å². The third kappa shape index (κ3) is 3.04. The van der Waals surface area contributed by atoms with Crippen LogP contribution in [0.2, 0.25) is 0 Å². The van der Waals surface area contributed by atoms with Gasteiger partial charge in [0.15, 0.2) is 0 Å². The number of nitrogens with zero attached hydrogens (tertiary/aromatic N) is 1. The van der Waals surface area contributed by atoms with Crippen LogP contribution in [0, 0.1) is 11.3 Å². The molecule has 1 atom stereocenters. The molecule has 8 heavy (non-hydrogen) atoms. The zero-order chi connectivity index (χ0) is 6.62. The van der Waals surface area contributed by atoms with Crippen LogP contribution in [0.1, 0.15) is 26.7 Å². The van der Waals surface area contributed by atoms with Crippen LogP contribution >= 0.6 is 15.9 Å². The van der Waals surface area contributed by atoms with E-state index in [0.717, 1.165) is 12.8 Å². The van der Waals surface area contributed by atoms with Crippen LogP contribution in [0.15, 0.2) is 0 Å². The van der Waals surface area contributed by atoms with Crippen LogP contribution in [-0.2, 0) is 0 Å². The van der Waals surface area contributed by atoms with Gasteiger partial charge in [0.05, 0.1) is 6.07 Å². The van der Waals surface area contributed by atoms with E-state index in [0.29, 0.717) is 0 Å². The van der Waals surface area contributed by atoms with Gasteiger partial charge in [-0.3, -0.25) is 0 Å². The third-order valence-electron chi connectivity index (χ3n) is 0.953. The summed E-state index contributed by atoms with van der Waals surface area (Å²) in [7, 11) is 0. The molecule has 0 aromatic carbocycles. The minimum Gasteiger partial charge on any atom is -0.197 e. The third-order valence-corrected chi connectivity index (χ3v) is 1.53. The molecule has 0 spiro atoms. The van der Waals surface area contributed by atoms with Gasteiger partial charge in [-0.1, -0.05) is 29.3 Å². The van der Waals surface area contributed by atoms with E-state index in [-0.39, 0.29) is 4.32 Å². The summed E-state index contributed by atoms with van der Waals surface area (Å²) >= 11 is 3.28. The minimum atomic E-state index is -0.290. The van der Waals surface area contributed by atoms with Crippen LogP contribution in [0.4, 0.5) is 0 Å². The van der Waals surface area contributed by atoms with Crippen LogP contribution in [-0.4, -0.2) is 4.32 Å². The van der Waals surface area contributed by atoms with Crippen molar-refractivity contribution in [3.8, 4) is 6.07 Å². The van der Waals surface area contributed by atoms with Crippen LogP contribution in [0.3, 0.4) is 0 Å². The molecule has 2 heteroatoms. The van der Waals surface area contributed by atoms with Crippen molar-refractivity contribution in [3.63, 3.8) is 0 Å². The lowest BCUT2D eigenvalue weighted by molar-refractivity contribution is 0.703. The summed E-state index contributed by atoms with van der Waals surface area (Å²) in [6, 6.07) is 2.16. The topological polar surface area (TPSA) is 23.8 Å². The highest BCUT2D eigenvalue weighted by Crippen LogP contribution is 2.21. The molecule has 0 saturated carbocycles. The number of rotatable bonds is 2. The Bertz CT molecular complexity index is 102. The molecule has 0 aliphatic heterocycles. The fourth-order valence-electron chi connectivity index (χ4n) is 0.525. The Hall–Kier alpha value is -0.0300. The van der Waals surface area contributed by atoms with Gasteiger partial charge in [0.2, 0.25) is 0 Å². The fourth-order valence-corrected chi connectivity index (χ4v) is 0.922. The molecule has 0 aliphatic rings. The lowest BCUT2D eigenvalue weighted by atomic mass is 10.1. The second-order valence-corrected chi connectivity index (χ2v) is 3.81. The molecule has 0 aliphatic carbocycles. The molecule has 1 nitrogen and oxygen atoms in total. The second kappa shape index (κ2) is 3.09. The molecule has 0 aromatic rings. The van der Waals surface area contributed by atoms with Gasteiger partial charge in [-0.15, -0.1) is 0 Å². The predicted octanol–water partition coefficient (Wildman–Crippen LogP) is 2.46. The van der Waals surface area contributed by atoms with Gasteiger partial charge in [0.25, 0.3) is 0 Å². The van der Waals surface area contributed by atoms with E-state index in [1.54, 1.807) is 0 Å². The quantitative estimate of drug-likeness (QED) is 0.593. The molecular formula is C6H10BrN. The molecule has 0 amide bonds. The zero-order valence-corrected chi connectivity index (χ0v) is 6.83. The van der Waals surface area contributed by atoms with E-state index >= 15 is 0 Å². The predicted molar refractivity (Wildman–Crippen MR) is 37.9 cm³/mol. The van der Waals surface area contributed by atoms with Gasteiger partial charge in [0, 0.05) is 0 Å². The molecule has 0 aromatic heterocycles. The Labute approximate surface area is 58.8 Å². The summed E-state index contributed by atoms with van der Waals surface area (Å²) in [6.45, 7) is 3.95. The van der Waals surface area contributed by atoms with E-state index in [2.05, 4.69) is 28.9 Å². The Morgan fingerprint density at radius 1 is 1.75 bits per heavy atom. The lowest BCUT2D eigenvalue weighted by Gasteiger charge is -2.08. The van der Waals surface area contributed by atoms with E-state index < -0.39 is 0 Å². The van der Waals surface area contributed by atoms with Crippen LogP contribution in [0.5, 0.6) is 0 Å². The normalized spacial score (nSPS) is 16.8. The van der Waals surface area contributed by atoms with Crippen molar-refractivity contribution in [3.05, 3.63) is 0 Å². The number of nitriles is 1. The first-order chi connectivity index (χ1) is 3.62. The maximum absolute atomic E-state index is 8.43. The Kier molecular flexibility index (Phi) is 3.08. The lowest BCUT2D eigenvalue weighted by Crippen LogP contribution is -2.10. The van der Waals surface area contributed by atoms with Crippen molar-refractivity contribution >= 4 is 15.9 Å². The van der Waals surface area contributed by atoms with E-state index in [4.69, 9.17) is 5.26 Å². The molecule has 0 heterocycles. The smallest absolute Gasteiger partial charge is 0.109 e. The van der Waals surface area contributed by atoms with E-state index in [1.807, 2.05) is 6.92 Å². The Morgan fingerprint density at radius 3 is 2.38 bits per heavy atom. The highest BCUT2D eigenvalue weighted by atomic mass is 79.9. The van der Waals surface area contributed by atoms with E-state index in [9.17, 15) is 0 Å². The monoisotopic (exact) mass is 175 g/mol. The summed E-state index contributed by atoms with van der Waals surface area (Å²) in [4.78, 5) is 0. The van der Waals surface area contributed by atoms with Gasteiger partial charge in [-0.05, 0) is 13.3 Å². The average molecular weight is 176 g/mol. The standard InChI is InChI=1S/C6H10BrN/c1-3-4-6(2,7)5-8/h3-4H2,1-2H3. The van der Waals surface area contributed by atoms with Gasteiger partial charge in [0.1, 0.15) is 4.32 Å². The maximum atomic E-state index is 8.43. The molecule has 0 bridgehead atoms. The molecule has 0 saturated heterocycles. The summed E-state index contributed by atoms with van der Waals surface area (Å²) in [5.74, 6) is 0. The van der Waals surface area contributed by atoms with Crippen molar-refractivity contribution in [2.24, 2.45) is 0 Å². The zero-order valence-electron chi connectivity index (χ0n) is 5.24. The van der Waals surface area contributed by atoms with E-state index in [1.165, 1.54) is 0 Å². The molecular weight excluding hydrogens is 166 g/mol. The summed E-state index contributed by atoms with van der Waals surface area (Å²) in [6.07, 6.45) is 1.97. The summed E-state index contributed by atoms with van der Waals surface area (Å²) in [5, 5.41) is 8.43. The molecule has 46 valence electrons. The first kappa shape index (κ1) is 7.97. The first-order valence-electron chi connectivity index (χ1n) is 2.72. The van der Waals surface area contributed by atoms with Gasteiger partial charge in [-0.2, -0.15) is 5.26 Å². The minimum absolute atomic E-state index is 0.290. The van der Waals surface area contributed by atoms with Crippen LogP contribution in [0.25, 0.3) is 0 Å².